The number of phenols is 1. The van der Waals surface area contributed by atoms with Gasteiger partial charge in [0.1, 0.15) is 34.8 Å². The molecular formula is C23H27NO4. The molecule has 0 aliphatic heterocycles. The van der Waals surface area contributed by atoms with Crippen molar-refractivity contribution in [3.05, 3.63) is 58.8 Å². The van der Waals surface area contributed by atoms with Crippen LogP contribution in [0.15, 0.2) is 57.7 Å². The van der Waals surface area contributed by atoms with Gasteiger partial charge >= 0.3 is 0 Å². The number of aromatic hydroxyl groups is 1. The molecule has 1 aromatic heterocycles. The number of phenolic OH excluding ortho intramolecular Hbond substituents is 1. The van der Waals surface area contributed by atoms with Gasteiger partial charge in [0.25, 0.3) is 0 Å². The highest BCUT2D eigenvalue weighted by Crippen LogP contribution is 2.31. The summed E-state index contributed by atoms with van der Waals surface area (Å²) >= 11 is 0. The molecule has 0 bridgehead atoms. The molecule has 3 rings (SSSR count). The third-order valence-electron chi connectivity index (χ3n) is 4.79. The van der Waals surface area contributed by atoms with Crippen LogP contribution in [0.5, 0.6) is 11.5 Å². The average Bonchev–Trinajstić information content (AvgIpc) is 2.64. The quantitative estimate of drug-likeness (QED) is 0.645. The zero-order valence-electron chi connectivity index (χ0n) is 16.8. The van der Waals surface area contributed by atoms with Gasteiger partial charge in [-0.2, -0.15) is 0 Å². The van der Waals surface area contributed by atoms with Crippen molar-refractivity contribution in [1.82, 2.24) is 4.90 Å². The zero-order chi connectivity index (χ0) is 20.3. The maximum Gasteiger partial charge on any atom is 0.197 e. The fraction of sp³-hybridized carbons (Fsp3) is 0.348. The molecule has 0 saturated heterocycles. The van der Waals surface area contributed by atoms with E-state index in [2.05, 4.69) is 32.6 Å². The number of nitrogens with zero attached hydrogens (tertiary/aromatic N) is 1. The lowest BCUT2D eigenvalue weighted by molar-refractivity contribution is 0.142. The van der Waals surface area contributed by atoms with Crippen molar-refractivity contribution >= 4 is 11.0 Å². The molecule has 0 saturated carbocycles. The van der Waals surface area contributed by atoms with E-state index in [1.54, 1.807) is 6.07 Å². The molecule has 2 aromatic carbocycles. The maximum absolute atomic E-state index is 12.5. The van der Waals surface area contributed by atoms with Crippen LogP contribution in [0.4, 0.5) is 0 Å². The predicted molar refractivity (Wildman–Crippen MR) is 112 cm³/mol. The van der Waals surface area contributed by atoms with Crippen molar-refractivity contribution in [3.8, 4) is 22.8 Å². The first-order valence-corrected chi connectivity index (χ1v) is 9.61. The molecule has 0 spiro atoms. The van der Waals surface area contributed by atoms with Crippen LogP contribution in [-0.2, 0) is 0 Å². The number of fused-ring (bicyclic) bond motifs is 1. The first kappa shape index (κ1) is 20.0. The molecule has 1 N–H and O–H groups in total. The van der Waals surface area contributed by atoms with Crippen LogP contribution in [0.2, 0.25) is 0 Å². The molecule has 28 heavy (non-hydrogen) atoms. The van der Waals surface area contributed by atoms with Crippen LogP contribution in [-0.4, -0.2) is 35.2 Å². The fourth-order valence-electron chi connectivity index (χ4n) is 3.45. The Balaban J connectivity index is 1.88. The lowest BCUT2D eigenvalue weighted by atomic mass is 10.1. The summed E-state index contributed by atoms with van der Waals surface area (Å²) in [5.74, 6) is 0.803. The molecule has 1 heterocycles. The Kier molecular flexibility index (Phi) is 6.05. The monoisotopic (exact) mass is 381 g/mol. The van der Waals surface area contributed by atoms with Crippen LogP contribution in [0.1, 0.15) is 27.7 Å². The smallest absolute Gasteiger partial charge is 0.197 e. The number of hydrogen-bond donors (Lipinski definition) is 1. The van der Waals surface area contributed by atoms with Gasteiger partial charge in [-0.1, -0.05) is 30.3 Å². The van der Waals surface area contributed by atoms with Gasteiger partial charge in [-0.15, -0.1) is 0 Å². The highest BCUT2D eigenvalue weighted by atomic mass is 16.5. The summed E-state index contributed by atoms with van der Waals surface area (Å²) in [5, 5.41) is 10.5. The second kappa shape index (κ2) is 8.48. The van der Waals surface area contributed by atoms with Gasteiger partial charge in [0, 0.05) is 42.4 Å². The highest BCUT2D eigenvalue weighted by molar-refractivity contribution is 5.86. The second-order valence-electron chi connectivity index (χ2n) is 7.43. The maximum atomic E-state index is 12.5. The number of rotatable bonds is 7. The molecule has 0 amide bonds. The van der Waals surface area contributed by atoms with Gasteiger partial charge in [-0.3, -0.25) is 9.69 Å². The van der Waals surface area contributed by atoms with E-state index >= 15 is 0 Å². The molecule has 3 aromatic rings. The predicted octanol–water partition coefficient (Wildman–Crippen LogP) is 4.66. The molecule has 0 atom stereocenters. The molecule has 0 unspecified atom stereocenters. The standard InChI is InChI=1S/C23H27NO4/c1-15(2)24(16(3)4)10-11-27-18-12-19(25)23-20(26)14-21(28-22(23)13-18)17-8-6-5-7-9-17/h5-9,12-16,25H,10-11H2,1-4H3. The van der Waals surface area contributed by atoms with Crippen molar-refractivity contribution in [3.63, 3.8) is 0 Å². The van der Waals surface area contributed by atoms with Crippen molar-refractivity contribution < 1.29 is 14.3 Å². The highest BCUT2D eigenvalue weighted by Gasteiger charge is 2.15. The van der Waals surface area contributed by atoms with Gasteiger partial charge in [-0.25, -0.2) is 0 Å². The van der Waals surface area contributed by atoms with E-state index in [4.69, 9.17) is 9.15 Å². The van der Waals surface area contributed by atoms with Gasteiger partial charge in [0.05, 0.1) is 0 Å². The van der Waals surface area contributed by atoms with Gasteiger partial charge < -0.3 is 14.3 Å². The molecule has 148 valence electrons. The molecule has 0 aliphatic rings. The summed E-state index contributed by atoms with van der Waals surface area (Å²) in [6, 6.07) is 14.8. The normalized spacial score (nSPS) is 11.7. The fourth-order valence-corrected chi connectivity index (χ4v) is 3.45. The minimum atomic E-state index is -0.282. The minimum absolute atomic E-state index is 0.134. The largest absolute Gasteiger partial charge is 0.507 e. The van der Waals surface area contributed by atoms with Crippen molar-refractivity contribution in [2.24, 2.45) is 0 Å². The van der Waals surface area contributed by atoms with Crippen molar-refractivity contribution in [1.29, 1.82) is 0 Å². The lowest BCUT2D eigenvalue weighted by Crippen LogP contribution is -2.39. The summed E-state index contributed by atoms with van der Waals surface area (Å²) in [6.45, 7) is 9.86. The second-order valence-corrected chi connectivity index (χ2v) is 7.43. The van der Waals surface area contributed by atoms with E-state index in [0.717, 1.165) is 12.1 Å². The van der Waals surface area contributed by atoms with Gasteiger partial charge in [0.2, 0.25) is 0 Å². The van der Waals surface area contributed by atoms with Crippen LogP contribution >= 0.6 is 0 Å². The molecule has 0 aliphatic carbocycles. The topological polar surface area (TPSA) is 62.9 Å². The van der Waals surface area contributed by atoms with E-state index < -0.39 is 0 Å². The van der Waals surface area contributed by atoms with E-state index in [1.165, 1.54) is 12.1 Å². The Morgan fingerprint density at radius 2 is 1.71 bits per heavy atom. The van der Waals surface area contributed by atoms with Crippen LogP contribution < -0.4 is 10.2 Å². The first-order valence-electron chi connectivity index (χ1n) is 9.61. The number of ether oxygens (including phenoxy) is 1. The van der Waals surface area contributed by atoms with E-state index in [-0.39, 0.29) is 16.6 Å². The molecule has 5 nitrogen and oxygen atoms in total. The Hall–Kier alpha value is -2.79. The van der Waals surface area contributed by atoms with E-state index in [9.17, 15) is 9.90 Å². The summed E-state index contributed by atoms with van der Waals surface area (Å²) in [5.41, 5.74) is 0.831. The Morgan fingerprint density at radius 1 is 1.04 bits per heavy atom. The molecular weight excluding hydrogens is 354 g/mol. The van der Waals surface area contributed by atoms with Crippen LogP contribution in [0, 0.1) is 0 Å². The van der Waals surface area contributed by atoms with E-state index in [0.29, 0.717) is 35.8 Å². The van der Waals surface area contributed by atoms with Crippen LogP contribution in [0.25, 0.3) is 22.3 Å². The van der Waals surface area contributed by atoms with Gasteiger partial charge in [0.15, 0.2) is 5.43 Å². The molecule has 5 heteroatoms. The summed E-state index contributed by atoms with van der Waals surface area (Å²) in [7, 11) is 0. The Morgan fingerprint density at radius 3 is 2.36 bits per heavy atom. The Bertz CT molecular complexity index is 985. The number of benzene rings is 2. The summed E-state index contributed by atoms with van der Waals surface area (Å²) in [4.78, 5) is 14.8. The minimum Gasteiger partial charge on any atom is -0.507 e. The van der Waals surface area contributed by atoms with Crippen molar-refractivity contribution in [2.75, 3.05) is 13.2 Å². The van der Waals surface area contributed by atoms with Crippen LogP contribution in [0.3, 0.4) is 0 Å². The van der Waals surface area contributed by atoms with Crippen molar-refractivity contribution in [2.45, 2.75) is 39.8 Å². The average molecular weight is 381 g/mol. The first-order chi connectivity index (χ1) is 13.4. The lowest BCUT2D eigenvalue weighted by Gasteiger charge is -2.30. The van der Waals surface area contributed by atoms with Gasteiger partial charge in [-0.05, 0) is 27.7 Å². The summed E-state index contributed by atoms with van der Waals surface area (Å²) in [6.07, 6.45) is 0. The number of hydrogen-bond acceptors (Lipinski definition) is 5. The third-order valence-corrected chi connectivity index (χ3v) is 4.79. The molecule has 0 fully saturated rings. The SMILES string of the molecule is CC(C)N(CCOc1cc(O)c2c(=O)cc(-c3ccccc3)oc2c1)C(C)C. The Labute approximate surface area is 165 Å². The summed E-state index contributed by atoms with van der Waals surface area (Å²) < 4.78 is 11.8. The zero-order valence-corrected chi connectivity index (χ0v) is 16.8. The molecule has 0 radical (unpaired) electrons. The third kappa shape index (κ3) is 4.37. The van der Waals surface area contributed by atoms with E-state index in [1.807, 2.05) is 30.3 Å².